The number of amides is 3. The van der Waals surface area contributed by atoms with Crippen molar-refractivity contribution in [2.45, 2.75) is 65.0 Å². The van der Waals surface area contributed by atoms with Crippen LogP contribution in [0, 0.1) is 6.92 Å². The molecule has 1 fully saturated rings. The Hall–Kier alpha value is -2.38. The van der Waals surface area contributed by atoms with Crippen molar-refractivity contribution in [1.82, 2.24) is 15.8 Å². The van der Waals surface area contributed by atoms with Crippen molar-refractivity contribution in [1.29, 1.82) is 0 Å². The summed E-state index contributed by atoms with van der Waals surface area (Å²) < 4.78 is 10.1. The molecule has 3 amide bonds. The van der Waals surface area contributed by atoms with Gasteiger partial charge in [0.15, 0.2) is 6.10 Å². The van der Waals surface area contributed by atoms with Gasteiger partial charge in [-0.3, -0.25) is 10.1 Å². The molecule has 8 nitrogen and oxygen atoms in total. The molecule has 1 atom stereocenters. The predicted molar refractivity (Wildman–Crippen MR) is 84.4 cm³/mol. The van der Waals surface area contributed by atoms with E-state index >= 15 is 0 Å². The van der Waals surface area contributed by atoms with Crippen LogP contribution in [0.15, 0.2) is 4.52 Å². The van der Waals surface area contributed by atoms with E-state index in [9.17, 15) is 14.4 Å². The van der Waals surface area contributed by atoms with Crippen LogP contribution in [0.5, 0.6) is 0 Å². The van der Waals surface area contributed by atoms with E-state index in [2.05, 4.69) is 15.8 Å². The summed E-state index contributed by atoms with van der Waals surface area (Å²) in [6.07, 6.45) is 3.38. The second kappa shape index (κ2) is 7.94. The maximum Gasteiger partial charge on any atom is 0.344 e. The molecule has 1 aromatic heterocycles. The summed E-state index contributed by atoms with van der Waals surface area (Å²) in [5.74, 6) is -1.03. The fourth-order valence-corrected chi connectivity index (χ4v) is 2.70. The molecular weight excluding hydrogens is 314 g/mol. The summed E-state index contributed by atoms with van der Waals surface area (Å²) in [6, 6.07) is -0.465. The number of hydrogen-bond donors (Lipinski definition) is 2. The molecule has 0 spiro atoms. The lowest BCUT2D eigenvalue weighted by Gasteiger charge is -2.15. The Bertz CT molecular complexity index is 619. The Kier molecular flexibility index (Phi) is 5.94. The Morgan fingerprint density at radius 1 is 1.33 bits per heavy atom. The normalized spacial score (nSPS) is 15.8. The smallest absolute Gasteiger partial charge is 0.344 e. The van der Waals surface area contributed by atoms with Gasteiger partial charge < -0.3 is 14.6 Å². The lowest BCUT2D eigenvalue weighted by molar-refractivity contribution is -0.127. The van der Waals surface area contributed by atoms with E-state index in [1.54, 1.807) is 6.92 Å². The fraction of sp³-hybridized carbons (Fsp3) is 0.625. The maximum absolute atomic E-state index is 12.2. The van der Waals surface area contributed by atoms with Gasteiger partial charge in [-0.25, -0.2) is 9.59 Å². The van der Waals surface area contributed by atoms with Crippen molar-refractivity contribution in [3.8, 4) is 0 Å². The molecule has 0 saturated heterocycles. The highest BCUT2D eigenvalue weighted by atomic mass is 16.5. The number of ether oxygens (including phenoxy) is 1. The van der Waals surface area contributed by atoms with Crippen LogP contribution in [0.25, 0.3) is 0 Å². The highest BCUT2D eigenvalue weighted by Gasteiger charge is 2.26. The predicted octanol–water partition coefficient (Wildman–Crippen LogP) is 1.86. The molecule has 8 heteroatoms. The average molecular weight is 337 g/mol. The highest BCUT2D eigenvalue weighted by molar-refractivity contribution is 5.99. The number of carbonyl (C=O) groups excluding carboxylic acids is 3. The average Bonchev–Trinajstić information content (AvgIpc) is 3.15. The Morgan fingerprint density at radius 2 is 2.00 bits per heavy atom. The Labute approximate surface area is 140 Å². The van der Waals surface area contributed by atoms with Crippen LogP contribution in [-0.4, -0.2) is 35.2 Å². The largest absolute Gasteiger partial charge is 0.449 e. The zero-order valence-electron chi connectivity index (χ0n) is 14.2. The Morgan fingerprint density at radius 3 is 2.62 bits per heavy atom. The maximum atomic E-state index is 12.2. The lowest BCUT2D eigenvalue weighted by Crippen LogP contribution is -2.47. The number of imide groups is 1. The summed E-state index contributed by atoms with van der Waals surface area (Å²) in [5, 5.41) is 8.70. The zero-order chi connectivity index (χ0) is 17.7. The number of urea groups is 1. The van der Waals surface area contributed by atoms with Gasteiger partial charge in [0.05, 0.1) is 5.69 Å². The number of rotatable bonds is 5. The van der Waals surface area contributed by atoms with Gasteiger partial charge in [0.2, 0.25) is 0 Å². The van der Waals surface area contributed by atoms with Crippen LogP contribution < -0.4 is 10.6 Å². The molecule has 1 heterocycles. The van der Waals surface area contributed by atoms with E-state index in [0.717, 1.165) is 25.7 Å². The van der Waals surface area contributed by atoms with Crippen molar-refractivity contribution >= 4 is 17.9 Å². The number of nitrogens with zero attached hydrogens (tertiary/aromatic N) is 1. The molecule has 0 bridgehead atoms. The first-order valence-electron chi connectivity index (χ1n) is 8.19. The van der Waals surface area contributed by atoms with Gasteiger partial charge in [0, 0.05) is 6.04 Å². The van der Waals surface area contributed by atoms with Gasteiger partial charge in [-0.15, -0.1) is 0 Å². The number of aromatic nitrogens is 1. The number of hydrogen-bond acceptors (Lipinski definition) is 6. The SMILES string of the molecule is CCc1noc(C)c1C(=O)O[C@@H](C)C(=O)NC(=O)NC1CCCC1. The van der Waals surface area contributed by atoms with Crippen LogP contribution in [-0.2, 0) is 16.0 Å². The molecule has 0 unspecified atom stereocenters. The van der Waals surface area contributed by atoms with Gasteiger partial charge in [0.1, 0.15) is 11.3 Å². The summed E-state index contributed by atoms with van der Waals surface area (Å²) in [6.45, 7) is 4.84. The second-order valence-electron chi connectivity index (χ2n) is 5.91. The van der Waals surface area contributed by atoms with E-state index in [0.29, 0.717) is 17.9 Å². The van der Waals surface area contributed by atoms with Crippen molar-refractivity contribution in [3.63, 3.8) is 0 Å². The first kappa shape index (κ1) is 18.0. The summed E-state index contributed by atoms with van der Waals surface area (Å²) >= 11 is 0. The highest BCUT2D eigenvalue weighted by Crippen LogP contribution is 2.17. The minimum Gasteiger partial charge on any atom is -0.449 e. The van der Waals surface area contributed by atoms with E-state index < -0.39 is 24.0 Å². The van der Waals surface area contributed by atoms with E-state index in [1.165, 1.54) is 6.92 Å². The van der Waals surface area contributed by atoms with Crippen molar-refractivity contribution in [2.24, 2.45) is 0 Å². The van der Waals surface area contributed by atoms with Gasteiger partial charge in [0.25, 0.3) is 5.91 Å². The molecule has 132 valence electrons. The van der Waals surface area contributed by atoms with E-state index in [1.807, 2.05) is 6.92 Å². The molecule has 0 aromatic carbocycles. The fourth-order valence-electron chi connectivity index (χ4n) is 2.70. The lowest BCUT2D eigenvalue weighted by atomic mass is 10.1. The van der Waals surface area contributed by atoms with Crippen molar-refractivity contribution < 1.29 is 23.6 Å². The molecule has 2 rings (SSSR count). The van der Waals surface area contributed by atoms with Gasteiger partial charge in [-0.2, -0.15) is 0 Å². The molecule has 1 aliphatic carbocycles. The number of aryl methyl sites for hydroxylation is 2. The molecule has 2 N–H and O–H groups in total. The molecule has 0 radical (unpaired) electrons. The van der Waals surface area contributed by atoms with Crippen LogP contribution in [0.2, 0.25) is 0 Å². The quantitative estimate of drug-likeness (QED) is 0.794. The van der Waals surface area contributed by atoms with Crippen LogP contribution in [0.1, 0.15) is 61.3 Å². The first-order valence-corrected chi connectivity index (χ1v) is 8.19. The summed E-state index contributed by atoms with van der Waals surface area (Å²) in [5.41, 5.74) is 0.705. The summed E-state index contributed by atoms with van der Waals surface area (Å²) in [7, 11) is 0. The van der Waals surface area contributed by atoms with Gasteiger partial charge in [-0.05, 0) is 33.1 Å². The van der Waals surface area contributed by atoms with Gasteiger partial charge in [-0.1, -0.05) is 24.9 Å². The van der Waals surface area contributed by atoms with Crippen molar-refractivity contribution in [3.05, 3.63) is 17.0 Å². The second-order valence-corrected chi connectivity index (χ2v) is 5.91. The molecule has 24 heavy (non-hydrogen) atoms. The number of nitrogens with one attached hydrogen (secondary N) is 2. The third-order valence-corrected chi connectivity index (χ3v) is 4.05. The standard InChI is InChI=1S/C16H23N3O5/c1-4-12-13(9(2)24-19-12)15(21)23-10(3)14(20)18-16(22)17-11-7-5-6-8-11/h10-11H,4-8H2,1-3H3,(H2,17,18,20,22)/t10-/m0/s1. The minimum absolute atomic E-state index is 0.0995. The molecule has 1 saturated carbocycles. The molecule has 1 aliphatic rings. The van der Waals surface area contributed by atoms with Crippen molar-refractivity contribution in [2.75, 3.05) is 0 Å². The molecule has 0 aliphatic heterocycles. The number of carbonyl (C=O) groups is 3. The van der Waals surface area contributed by atoms with Crippen LogP contribution in [0.3, 0.4) is 0 Å². The molecular formula is C16H23N3O5. The number of esters is 1. The van der Waals surface area contributed by atoms with E-state index in [-0.39, 0.29) is 11.6 Å². The topological polar surface area (TPSA) is 111 Å². The van der Waals surface area contributed by atoms with Crippen LogP contribution in [0.4, 0.5) is 4.79 Å². The first-order chi connectivity index (χ1) is 11.4. The Balaban J connectivity index is 1.87. The van der Waals surface area contributed by atoms with Gasteiger partial charge >= 0.3 is 12.0 Å². The summed E-state index contributed by atoms with van der Waals surface area (Å²) in [4.78, 5) is 35.9. The minimum atomic E-state index is -1.11. The third kappa shape index (κ3) is 4.33. The van der Waals surface area contributed by atoms with E-state index in [4.69, 9.17) is 9.26 Å². The zero-order valence-corrected chi connectivity index (χ0v) is 14.2. The monoisotopic (exact) mass is 337 g/mol. The third-order valence-electron chi connectivity index (χ3n) is 4.05. The van der Waals surface area contributed by atoms with Crippen LogP contribution >= 0.6 is 0 Å². The molecule has 1 aromatic rings.